The molecular weight excluding hydrogens is 792 g/mol. The third kappa shape index (κ3) is 7.94. The van der Waals surface area contributed by atoms with E-state index in [1.807, 2.05) is 93.5 Å². The number of pyridine rings is 1. The van der Waals surface area contributed by atoms with E-state index in [-0.39, 0.29) is 25.8 Å². The Kier molecular flexibility index (Phi) is 10.6. The second kappa shape index (κ2) is 15.0. The smallest absolute Gasteiger partial charge is 0.431 e. The fourth-order valence-corrected chi connectivity index (χ4v) is 4.82. The van der Waals surface area contributed by atoms with Gasteiger partial charge in [-0.2, -0.15) is 49.6 Å². The van der Waals surface area contributed by atoms with Crippen molar-refractivity contribution in [2.24, 2.45) is 14.1 Å². The van der Waals surface area contributed by atoms with Crippen molar-refractivity contribution >= 4 is 21.5 Å². The van der Waals surface area contributed by atoms with Crippen LogP contribution in [-0.2, 0) is 40.4 Å². The quantitative estimate of drug-likeness (QED) is 0.157. The third-order valence-corrected chi connectivity index (χ3v) is 7.05. The summed E-state index contributed by atoms with van der Waals surface area (Å²) in [4.78, 5) is 3.87. The first-order chi connectivity index (χ1) is 22.8. The normalized spacial score (nSPS) is 10.9. The van der Waals surface area contributed by atoms with Crippen LogP contribution in [0.2, 0.25) is 0 Å². The number of rotatable bonds is 3. The summed E-state index contributed by atoms with van der Waals surface area (Å²) in [6.07, 6.45) is 11.3. The molecule has 0 bridgehead atoms. The van der Waals surface area contributed by atoms with Crippen molar-refractivity contribution < 1.29 is 42.4 Å². The molecule has 0 saturated heterocycles. The molecule has 0 amide bonds. The van der Waals surface area contributed by atoms with E-state index in [4.69, 9.17) is 0 Å². The Morgan fingerprint density at radius 1 is 0.708 bits per heavy atom. The molecule has 11 heteroatoms. The topological polar surface area (TPSA) is 57.5 Å². The van der Waals surface area contributed by atoms with E-state index in [9.17, 15) is 13.2 Å². The van der Waals surface area contributed by atoms with Crippen LogP contribution in [0.4, 0.5) is 13.2 Å². The van der Waals surface area contributed by atoms with Crippen molar-refractivity contribution in [3.05, 3.63) is 159 Å². The van der Waals surface area contributed by atoms with E-state index in [2.05, 4.69) is 76.4 Å². The van der Waals surface area contributed by atoms with Gasteiger partial charge in [0, 0.05) is 56.8 Å². The number of hydrogen-bond acceptors (Lipinski definition) is 2. The van der Waals surface area contributed by atoms with E-state index in [0.717, 1.165) is 17.4 Å². The predicted octanol–water partition coefficient (Wildman–Crippen LogP) is 6.23. The van der Waals surface area contributed by atoms with Crippen LogP contribution in [0.1, 0.15) is 5.69 Å². The number of aromatic nitrogens is 7. The molecule has 0 N–H and O–H groups in total. The number of alkyl halides is 3. The van der Waals surface area contributed by atoms with Crippen LogP contribution in [-0.4, -0.2) is 19.2 Å². The van der Waals surface area contributed by atoms with Gasteiger partial charge >= 0.3 is 6.18 Å². The zero-order chi connectivity index (χ0) is 32.8. The molecule has 243 valence electrons. The van der Waals surface area contributed by atoms with Gasteiger partial charge in [0.1, 0.15) is 5.69 Å². The van der Waals surface area contributed by atoms with E-state index in [1.165, 1.54) is 27.7 Å². The summed E-state index contributed by atoms with van der Waals surface area (Å²) in [5, 5.41) is 11.3. The van der Waals surface area contributed by atoms with Gasteiger partial charge in [-0.25, -0.2) is 0 Å². The van der Waals surface area contributed by atoms with Gasteiger partial charge in [-0.1, -0.05) is 59.5 Å². The fourth-order valence-electron chi connectivity index (χ4n) is 4.82. The molecule has 8 aromatic rings. The van der Waals surface area contributed by atoms with E-state index in [0.29, 0.717) is 5.69 Å². The molecule has 48 heavy (non-hydrogen) atoms. The molecule has 0 unspecified atom stereocenters. The SMILES string of the molecule is C[n+]1[c-]n(-c2[c-]ccc3ccccc23)cc1.C[n+]1[c-]n(-c2[c-]ccc3ccccc23)cc1.FC(F)(F)c1cc(-c2ccccn2)[n-]n1.[Ir]. The molecule has 0 saturated carbocycles. The molecule has 7 nitrogen and oxygen atoms in total. The van der Waals surface area contributed by atoms with Crippen molar-refractivity contribution in [3.63, 3.8) is 0 Å². The van der Waals surface area contributed by atoms with Gasteiger partial charge in [0.2, 0.25) is 12.7 Å². The minimum Gasteiger partial charge on any atom is -0.573 e. The summed E-state index contributed by atoms with van der Waals surface area (Å²) < 4.78 is 44.3. The van der Waals surface area contributed by atoms with Crippen LogP contribution in [0, 0.1) is 24.8 Å². The van der Waals surface area contributed by atoms with Crippen LogP contribution in [0.3, 0.4) is 0 Å². The predicted molar refractivity (Wildman–Crippen MR) is 170 cm³/mol. The Balaban J connectivity index is 0.000000140. The first-order valence-corrected chi connectivity index (χ1v) is 14.5. The number of aryl methyl sites for hydroxylation is 2. The molecule has 4 aromatic heterocycles. The first kappa shape index (κ1) is 34.0. The number of hydrogen-bond donors (Lipinski definition) is 0. The number of nitrogens with zero attached hydrogens (tertiary/aromatic N) is 7. The average Bonchev–Trinajstić information content (AvgIpc) is 3.87. The Hall–Kier alpha value is -5.38. The van der Waals surface area contributed by atoms with E-state index in [1.54, 1.807) is 18.2 Å². The summed E-state index contributed by atoms with van der Waals surface area (Å²) in [6, 6.07) is 37.0. The van der Waals surface area contributed by atoms with Crippen molar-refractivity contribution in [2.45, 2.75) is 6.18 Å². The molecule has 4 heterocycles. The second-order valence-corrected chi connectivity index (χ2v) is 10.4. The van der Waals surface area contributed by atoms with Gasteiger partial charge in [-0.05, 0) is 18.2 Å². The van der Waals surface area contributed by atoms with Crippen molar-refractivity contribution in [1.29, 1.82) is 0 Å². The van der Waals surface area contributed by atoms with Crippen molar-refractivity contribution in [3.8, 4) is 22.8 Å². The van der Waals surface area contributed by atoms with E-state index < -0.39 is 11.9 Å². The molecule has 4 aromatic carbocycles. The number of fused-ring (bicyclic) bond motifs is 2. The van der Waals surface area contributed by atoms with E-state index >= 15 is 0 Å². The van der Waals surface area contributed by atoms with Gasteiger partial charge in [0.05, 0.1) is 14.1 Å². The van der Waals surface area contributed by atoms with Crippen molar-refractivity contribution in [1.82, 2.24) is 24.3 Å². The molecule has 0 aliphatic carbocycles. The number of imidazole rings is 2. The summed E-state index contributed by atoms with van der Waals surface area (Å²) >= 11 is 0. The Morgan fingerprint density at radius 2 is 1.23 bits per heavy atom. The van der Waals surface area contributed by atoms with Gasteiger partial charge in [-0.3, -0.25) is 4.98 Å². The Bertz CT molecular complexity index is 2110. The molecule has 8 rings (SSSR count). The fraction of sp³-hybridized carbons (Fsp3) is 0.0811. The standard InChI is InChI=1S/2C14H11N2.C9H5F3N3.Ir/c2*1-15-9-10-16(11-15)14-8-4-6-12-5-2-3-7-13(12)14;10-9(11,12)8-5-7(14-15-8)6-3-1-2-4-13-6;/h2*2-7,9-10H,1H3;1-5H;/q3*-1;. The molecule has 0 fully saturated rings. The molecule has 0 spiro atoms. The molecule has 0 aliphatic heterocycles. The molecule has 0 aliphatic rings. The van der Waals surface area contributed by atoms with Crippen LogP contribution in [0.25, 0.3) is 44.3 Å². The van der Waals surface area contributed by atoms with Crippen LogP contribution in [0.15, 0.2) is 128 Å². The maximum absolute atomic E-state index is 12.2. The molecule has 0 atom stereocenters. The molecular formula is C37H27F3IrN7-3. The zero-order valence-corrected chi connectivity index (χ0v) is 28.1. The second-order valence-electron chi connectivity index (χ2n) is 10.4. The zero-order valence-electron chi connectivity index (χ0n) is 25.7. The summed E-state index contributed by atoms with van der Waals surface area (Å²) in [7, 11) is 3.92. The maximum Gasteiger partial charge on any atom is 0.431 e. The number of benzene rings is 4. The summed E-state index contributed by atoms with van der Waals surface area (Å²) in [5.74, 6) is 0. The minimum atomic E-state index is -4.46. The maximum atomic E-state index is 12.2. The monoisotopic (exact) mass is 819 g/mol. The van der Waals surface area contributed by atoms with Crippen LogP contribution >= 0.6 is 0 Å². The number of halogens is 3. The minimum absolute atomic E-state index is 0. The molecule has 1 radical (unpaired) electrons. The summed E-state index contributed by atoms with van der Waals surface area (Å²) in [5.41, 5.74) is 1.59. The van der Waals surface area contributed by atoms with Gasteiger partial charge in [0.15, 0.2) is 0 Å². The summed E-state index contributed by atoms with van der Waals surface area (Å²) in [6.45, 7) is 0. The first-order valence-electron chi connectivity index (χ1n) is 14.5. The third-order valence-electron chi connectivity index (χ3n) is 7.05. The van der Waals surface area contributed by atoms with Crippen LogP contribution < -0.4 is 14.2 Å². The van der Waals surface area contributed by atoms with Gasteiger partial charge in [0.25, 0.3) is 0 Å². The van der Waals surface area contributed by atoms with Crippen molar-refractivity contribution in [2.75, 3.05) is 0 Å². The largest absolute Gasteiger partial charge is 0.573 e. The van der Waals surface area contributed by atoms with Gasteiger partial charge < -0.3 is 28.5 Å². The van der Waals surface area contributed by atoms with Gasteiger partial charge in [-0.15, -0.1) is 33.7 Å². The average molecular weight is 819 g/mol. The van der Waals surface area contributed by atoms with Crippen LogP contribution in [0.5, 0.6) is 0 Å². The Labute approximate surface area is 288 Å². The Morgan fingerprint density at radius 3 is 1.67 bits per heavy atom.